The number of carbonyl (C=O) groups is 3. The molecule has 0 atom stereocenters. The molecule has 7 heteroatoms. The lowest BCUT2D eigenvalue weighted by atomic mass is 9.90. The van der Waals surface area contributed by atoms with Crippen molar-refractivity contribution >= 4 is 17.8 Å². The minimum Gasteiger partial charge on any atom is -0.342 e. The number of carbonyl (C=O) groups excluding carboxylic acids is 3. The van der Waals surface area contributed by atoms with Gasteiger partial charge in [0.1, 0.15) is 5.54 Å². The molecule has 29 heavy (non-hydrogen) atoms. The maximum absolute atomic E-state index is 13.1. The molecule has 162 valence electrons. The van der Waals surface area contributed by atoms with Crippen molar-refractivity contribution in [1.82, 2.24) is 15.1 Å². The van der Waals surface area contributed by atoms with Crippen LogP contribution in [0.3, 0.4) is 0 Å². The van der Waals surface area contributed by atoms with Crippen molar-refractivity contribution in [2.45, 2.75) is 82.6 Å². The Bertz CT molecular complexity index is 614. The van der Waals surface area contributed by atoms with Crippen LogP contribution in [0.15, 0.2) is 0 Å². The molecule has 0 radical (unpaired) electrons. The monoisotopic (exact) mass is 405 g/mol. The molecule has 4 fully saturated rings. The SMILES string of the molecule is O=C(C1CC[NH+](CN2C(=O)NC3(CCCCCC3)C2=O)CC1)N1CCCCCC1. The summed E-state index contributed by atoms with van der Waals surface area (Å²) in [6, 6.07) is -0.216. The summed E-state index contributed by atoms with van der Waals surface area (Å²) in [6.45, 7) is 3.98. The molecule has 0 aromatic rings. The lowest BCUT2D eigenvalue weighted by Crippen LogP contribution is -3.14. The van der Waals surface area contributed by atoms with Gasteiger partial charge in [-0.2, -0.15) is 0 Å². The van der Waals surface area contributed by atoms with Crippen LogP contribution in [0, 0.1) is 5.92 Å². The third-order valence-electron chi connectivity index (χ3n) is 7.54. The maximum atomic E-state index is 13.1. The van der Waals surface area contributed by atoms with Crippen LogP contribution in [0.2, 0.25) is 0 Å². The Kier molecular flexibility index (Phi) is 6.42. The largest absolute Gasteiger partial charge is 0.342 e. The van der Waals surface area contributed by atoms with E-state index in [2.05, 4.69) is 10.2 Å². The summed E-state index contributed by atoms with van der Waals surface area (Å²) < 4.78 is 0. The molecule has 2 N–H and O–H groups in total. The van der Waals surface area contributed by atoms with Crippen molar-refractivity contribution in [3.05, 3.63) is 0 Å². The smallest absolute Gasteiger partial charge is 0.329 e. The van der Waals surface area contributed by atoms with Crippen LogP contribution >= 0.6 is 0 Å². The van der Waals surface area contributed by atoms with Gasteiger partial charge in [-0.3, -0.25) is 9.59 Å². The van der Waals surface area contributed by atoms with Gasteiger partial charge in [0.2, 0.25) is 5.91 Å². The van der Waals surface area contributed by atoms with Gasteiger partial charge in [0.25, 0.3) is 5.91 Å². The summed E-state index contributed by atoms with van der Waals surface area (Å²) in [5, 5.41) is 3.04. The van der Waals surface area contributed by atoms with Crippen LogP contribution in [-0.4, -0.2) is 66.0 Å². The summed E-state index contributed by atoms with van der Waals surface area (Å²) in [7, 11) is 0. The van der Waals surface area contributed by atoms with Gasteiger partial charge in [-0.25, -0.2) is 9.69 Å². The first-order valence-corrected chi connectivity index (χ1v) is 11.9. The molecule has 3 saturated heterocycles. The van der Waals surface area contributed by atoms with Crippen LogP contribution in [-0.2, 0) is 9.59 Å². The number of likely N-dealkylation sites (tertiary alicyclic amines) is 2. The Balaban J connectivity index is 1.29. The Morgan fingerprint density at radius 2 is 1.52 bits per heavy atom. The topological polar surface area (TPSA) is 74.2 Å². The fourth-order valence-corrected chi connectivity index (χ4v) is 5.69. The van der Waals surface area contributed by atoms with Gasteiger partial charge in [0.05, 0.1) is 13.1 Å². The van der Waals surface area contributed by atoms with E-state index in [4.69, 9.17) is 0 Å². The average Bonchev–Trinajstić information content (AvgIpc) is 3.04. The minimum absolute atomic E-state index is 0.0142. The molecule has 3 aliphatic heterocycles. The highest BCUT2D eigenvalue weighted by atomic mass is 16.2. The molecule has 1 spiro atoms. The predicted molar refractivity (Wildman–Crippen MR) is 109 cm³/mol. The molecular formula is C22H37N4O3+. The second kappa shape index (κ2) is 9.02. The first-order chi connectivity index (χ1) is 14.1. The normalized spacial score (nSPS) is 30.8. The molecular weight excluding hydrogens is 368 g/mol. The number of imide groups is 1. The molecule has 4 aliphatic rings. The van der Waals surface area contributed by atoms with E-state index < -0.39 is 5.54 Å². The summed E-state index contributed by atoms with van der Waals surface area (Å²) in [5.74, 6) is 0.436. The van der Waals surface area contributed by atoms with Gasteiger partial charge in [-0.1, -0.05) is 38.5 Å². The first kappa shape index (κ1) is 20.6. The standard InChI is InChI=1S/C22H36N4O3/c27-19(25-13-7-3-4-8-14-25)18-9-15-24(16-10-18)17-26-20(28)22(23-21(26)29)11-5-1-2-6-12-22/h18H,1-17H2,(H,23,29)/p+1. The Morgan fingerprint density at radius 3 is 2.14 bits per heavy atom. The van der Waals surface area contributed by atoms with Gasteiger partial charge in [0, 0.05) is 31.8 Å². The quantitative estimate of drug-likeness (QED) is 0.695. The van der Waals surface area contributed by atoms with E-state index in [-0.39, 0.29) is 17.9 Å². The molecule has 4 amide bonds. The lowest BCUT2D eigenvalue weighted by molar-refractivity contribution is -0.912. The second-order valence-electron chi connectivity index (χ2n) is 9.58. The van der Waals surface area contributed by atoms with Crippen LogP contribution in [0.1, 0.15) is 77.0 Å². The fraction of sp³-hybridized carbons (Fsp3) is 0.864. The van der Waals surface area contributed by atoms with Crippen molar-refractivity contribution in [2.24, 2.45) is 5.92 Å². The van der Waals surface area contributed by atoms with Crippen molar-refractivity contribution in [2.75, 3.05) is 32.8 Å². The molecule has 7 nitrogen and oxygen atoms in total. The zero-order valence-corrected chi connectivity index (χ0v) is 17.7. The number of urea groups is 1. The average molecular weight is 406 g/mol. The van der Waals surface area contributed by atoms with Gasteiger partial charge in [-0.15, -0.1) is 0 Å². The fourth-order valence-electron chi connectivity index (χ4n) is 5.69. The Labute approximate surface area is 174 Å². The zero-order valence-electron chi connectivity index (χ0n) is 17.7. The van der Waals surface area contributed by atoms with E-state index in [0.717, 1.165) is 90.4 Å². The summed E-state index contributed by atoms with van der Waals surface area (Å²) in [4.78, 5) is 43.3. The minimum atomic E-state index is -0.645. The van der Waals surface area contributed by atoms with Crippen molar-refractivity contribution in [3.8, 4) is 0 Å². The Morgan fingerprint density at radius 1 is 0.931 bits per heavy atom. The van der Waals surface area contributed by atoms with E-state index in [1.165, 1.54) is 22.6 Å². The molecule has 0 aromatic carbocycles. The van der Waals surface area contributed by atoms with Gasteiger partial charge >= 0.3 is 6.03 Å². The van der Waals surface area contributed by atoms with E-state index in [1.807, 2.05) is 0 Å². The number of hydrogen-bond donors (Lipinski definition) is 2. The molecule has 3 heterocycles. The third kappa shape index (κ3) is 4.44. The number of hydrogen-bond acceptors (Lipinski definition) is 3. The second-order valence-corrected chi connectivity index (χ2v) is 9.58. The van der Waals surface area contributed by atoms with Gasteiger partial charge < -0.3 is 15.1 Å². The van der Waals surface area contributed by atoms with E-state index >= 15 is 0 Å². The van der Waals surface area contributed by atoms with Crippen molar-refractivity contribution in [1.29, 1.82) is 0 Å². The molecule has 0 bridgehead atoms. The summed E-state index contributed by atoms with van der Waals surface area (Å²) in [6.07, 6.45) is 12.3. The van der Waals surface area contributed by atoms with E-state index in [9.17, 15) is 14.4 Å². The summed E-state index contributed by atoms with van der Waals surface area (Å²) >= 11 is 0. The highest BCUT2D eigenvalue weighted by Gasteiger charge is 2.51. The van der Waals surface area contributed by atoms with Crippen molar-refractivity contribution < 1.29 is 19.3 Å². The number of amides is 4. The number of nitrogens with zero attached hydrogens (tertiary/aromatic N) is 2. The highest BCUT2D eigenvalue weighted by Crippen LogP contribution is 2.32. The third-order valence-corrected chi connectivity index (χ3v) is 7.54. The maximum Gasteiger partial charge on any atom is 0.329 e. The number of nitrogens with one attached hydrogen (secondary N) is 2. The predicted octanol–water partition coefficient (Wildman–Crippen LogP) is 1.29. The number of rotatable bonds is 3. The van der Waals surface area contributed by atoms with Crippen LogP contribution in [0.4, 0.5) is 4.79 Å². The highest BCUT2D eigenvalue weighted by molar-refractivity contribution is 6.06. The molecule has 1 saturated carbocycles. The Hall–Kier alpha value is -1.63. The molecule has 1 aliphatic carbocycles. The molecule has 4 rings (SSSR count). The number of piperidine rings is 1. The summed E-state index contributed by atoms with van der Waals surface area (Å²) in [5.41, 5.74) is -0.645. The zero-order chi connectivity index (χ0) is 20.3. The van der Waals surface area contributed by atoms with E-state index in [1.54, 1.807) is 0 Å². The van der Waals surface area contributed by atoms with Crippen LogP contribution in [0.5, 0.6) is 0 Å². The first-order valence-electron chi connectivity index (χ1n) is 11.9. The lowest BCUT2D eigenvalue weighted by Gasteiger charge is -2.33. The van der Waals surface area contributed by atoms with Crippen molar-refractivity contribution in [3.63, 3.8) is 0 Å². The van der Waals surface area contributed by atoms with Crippen LogP contribution in [0.25, 0.3) is 0 Å². The molecule has 0 unspecified atom stereocenters. The molecule has 0 aromatic heterocycles. The van der Waals surface area contributed by atoms with Gasteiger partial charge in [-0.05, 0) is 25.7 Å². The van der Waals surface area contributed by atoms with Crippen LogP contribution < -0.4 is 10.2 Å². The van der Waals surface area contributed by atoms with E-state index in [0.29, 0.717) is 12.6 Å². The van der Waals surface area contributed by atoms with Gasteiger partial charge in [0.15, 0.2) is 6.67 Å². The number of quaternary nitrogens is 1.